The molecular weight excluding hydrogens is 372 g/mol. The smallest absolute Gasteiger partial charge is 0.405 e. The number of para-hydroxylation sites is 1. The molecule has 3 amide bonds. The van der Waals surface area contributed by atoms with Crippen LogP contribution in [0.25, 0.3) is 0 Å². The maximum Gasteiger partial charge on any atom is 0.405 e. The predicted molar refractivity (Wildman–Crippen MR) is 108 cm³/mol. The third-order valence-corrected chi connectivity index (χ3v) is 6.89. The summed E-state index contributed by atoms with van der Waals surface area (Å²) >= 11 is 0. The van der Waals surface area contributed by atoms with Crippen LogP contribution in [0, 0.1) is 0 Å². The van der Waals surface area contributed by atoms with Gasteiger partial charge in [-0.15, -0.1) is 0 Å². The van der Waals surface area contributed by atoms with E-state index >= 15 is 0 Å². The molecule has 4 aliphatic heterocycles. The molecule has 3 fully saturated rings. The first-order chi connectivity index (χ1) is 14.0. The molecule has 1 saturated carbocycles. The highest BCUT2D eigenvalue weighted by Gasteiger charge is 2.51. The predicted octanol–water partition coefficient (Wildman–Crippen LogP) is 2.82. The molecule has 0 unspecified atom stereocenters. The number of urea groups is 1. The number of nitrogens with one attached hydrogen (secondary N) is 1. The Hall–Kier alpha value is -2.61. The average molecular weight is 398 g/mol. The topological polar surface area (TPSA) is 94.5 Å². The molecule has 6 rings (SSSR count). The second-order valence-corrected chi connectivity index (χ2v) is 8.59. The van der Waals surface area contributed by atoms with E-state index in [0.717, 1.165) is 62.2 Å². The second-order valence-electron chi connectivity index (χ2n) is 8.59. The van der Waals surface area contributed by atoms with Gasteiger partial charge in [0.05, 0.1) is 23.4 Å². The minimum Gasteiger partial charge on any atom is -0.465 e. The van der Waals surface area contributed by atoms with E-state index in [9.17, 15) is 9.59 Å². The summed E-state index contributed by atoms with van der Waals surface area (Å²) in [5.41, 5.74) is 1.22. The largest absolute Gasteiger partial charge is 0.465 e. The summed E-state index contributed by atoms with van der Waals surface area (Å²) in [6, 6.07) is 7.96. The molecule has 4 heterocycles. The van der Waals surface area contributed by atoms with Crippen molar-refractivity contribution in [2.24, 2.45) is 4.99 Å². The van der Waals surface area contributed by atoms with E-state index in [2.05, 4.69) is 10.3 Å². The first kappa shape index (κ1) is 18.4. The average Bonchev–Trinajstić information content (AvgIpc) is 2.75. The number of fused-ring (bicyclic) bond motifs is 6. The van der Waals surface area contributed by atoms with Crippen LogP contribution in [0.4, 0.5) is 15.3 Å². The van der Waals surface area contributed by atoms with Gasteiger partial charge in [0.25, 0.3) is 0 Å². The number of nitrogens with zero attached hydrogens (tertiary/aromatic N) is 3. The Morgan fingerprint density at radius 2 is 2.03 bits per heavy atom. The Morgan fingerprint density at radius 1 is 1.24 bits per heavy atom. The Morgan fingerprint density at radius 3 is 2.76 bits per heavy atom. The van der Waals surface area contributed by atoms with Crippen LogP contribution in [0.5, 0.6) is 0 Å². The normalized spacial score (nSPS) is 30.5. The van der Waals surface area contributed by atoms with Crippen LogP contribution in [0.2, 0.25) is 0 Å². The van der Waals surface area contributed by atoms with Gasteiger partial charge in [-0.2, -0.15) is 0 Å². The third kappa shape index (κ3) is 3.06. The van der Waals surface area contributed by atoms with Gasteiger partial charge in [0.15, 0.2) is 0 Å². The van der Waals surface area contributed by atoms with Crippen LogP contribution in [0.3, 0.4) is 0 Å². The Kier molecular flexibility index (Phi) is 4.27. The van der Waals surface area contributed by atoms with Crippen LogP contribution in [-0.2, 0) is 4.74 Å². The fourth-order valence-corrected chi connectivity index (χ4v) is 5.17. The minimum atomic E-state index is -0.988. The quantitative estimate of drug-likeness (QED) is 0.815. The molecule has 5 aliphatic rings. The van der Waals surface area contributed by atoms with Crippen LogP contribution >= 0.6 is 0 Å². The number of carbonyl (C=O) groups is 2. The van der Waals surface area contributed by atoms with Crippen molar-refractivity contribution in [1.29, 1.82) is 0 Å². The van der Waals surface area contributed by atoms with Crippen molar-refractivity contribution in [3.63, 3.8) is 0 Å². The zero-order valence-electron chi connectivity index (χ0n) is 16.4. The lowest BCUT2D eigenvalue weighted by Gasteiger charge is -2.53. The Bertz CT molecular complexity index is 859. The minimum absolute atomic E-state index is 0.00735. The molecule has 8 heteroatoms. The monoisotopic (exact) mass is 398 g/mol. The third-order valence-electron chi connectivity index (χ3n) is 6.89. The summed E-state index contributed by atoms with van der Waals surface area (Å²) in [4.78, 5) is 32.6. The van der Waals surface area contributed by atoms with Crippen molar-refractivity contribution >= 4 is 23.6 Å². The summed E-state index contributed by atoms with van der Waals surface area (Å²) in [6.45, 7) is 2.45. The standard InChI is InChI=1S/C21H26N4O4/c26-18(27)23-20-6-8-21(9-7-20,29-14-20)10-13-24-16-5-2-1-4-15(16)17-22-11-3-12-25(17)19(24)28/h1-2,4-5,23H,3,6-14H2,(H,26,27). The van der Waals surface area contributed by atoms with Gasteiger partial charge in [-0.1, -0.05) is 12.1 Å². The Balaban J connectivity index is 1.34. The number of anilines is 1. The highest BCUT2D eigenvalue weighted by Crippen LogP contribution is 2.46. The molecule has 0 aromatic heterocycles. The van der Waals surface area contributed by atoms with Crippen molar-refractivity contribution in [1.82, 2.24) is 10.2 Å². The highest BCUT2D eigenvalue weighted by molar-refractivity contribution is 6.19. The van der Waals surface area contributed by atoms with Crippen LogP contribution in [0.15, 0.2) is 29.3 Å². The number of amidine groups is 1. The molecule has 0 radical (unpaired) electrons. The second kappa shape index (κ2) is 6.73. The first-order valence-electron chi connectivity index (χ1n) is 10.4. The molecule has 2 N–H and O–H groups in total. The summed E-state index contributed by atoms with van der Waals surface area (Å²) < 4.78 is 6.19. The van der Waals surface area contributed by atoms with Gasteiger partial charge in [0, 0.05) is 25.2 Å². The molecule has 0 atom stereocenters. The molecule has 0 spiro atoms. The fourth-order valence-electron chi connectivity index (χ4n) is 5.17. The highest BCUT2D eigenvalue weighted by atomic mass is 16.5. The number of rotatable bonds is 4. The van der Waals surface area contributed by atoms with Crippen molar-refractivity contribution in [2.75, 3.05) is 31.1 Å². The van der Waals surface area contributed by atoms with Crippen molar-refractivity contribution in [3.05, 3.63) is 29.8 Å². The first-order valence-corrected chi connectivity index (χ1v) is 10.4. The molecular formula is C21H26N4O4. The van der Waals surface area contributed by atoms with Gasteiger partial charge in [-0.05, 0) is 50.7 Å². The van der Waals surface area contributed by atoms with Crippen LogP contribution in [-0.4, -0.2) is 65.3 Å². The van der Waals surface area contributed by atoms with E-state index in [1.54, 1.807) is 4.90 Å². The van der Waals surface area contributed by atoms with Gasteiger partial charge in [0.2, 0.25) is 0 Å². The molecule has 2 bridgehead atoms. The number of carboxylic acid groups (broad SMARTS) is 1. The molecule has 154 valence electrons. The summed E-state index contributed by atoms with van der Waals surface area (Å²) in [5.74, 6) is 0.794. The fraction of sp³-hybridized carbons (Fsp3) is 0.571. The molecule has 1 aliphatic carbocycles. The Labute approximate surface area is 169 Å². The van der Waals surface area contributed by atoms with Gasteiger partial charge in [-0.25, -0.2) is 9.59 Å². The number of amides is 3. The lowest BCUT2D eigenvalue weighted by Crippen LogP contribution is -2.63. The summed E-state index contributed by atoms with van der Waals surface area (Å²) in [5, 5.41) is 11.8. The van der Waals surface area contributed by atoms with E-state index < -0.39 is 11.6 Å². The zero-order valence-corrected chi connectivity index (χ0v) is 16.4. The summed E-state index contributed by atoms with van der Waals surface area (Å²) in [7, 11) is 0. The maximum atomic E-state index is 13.2. The lowest BCUT2D eigenvalue weighted by atomic mass is 9.70. The number of benzene rings is 1. The van der Waals surface area contributed by atoms with Gasteiger partial charge < -0.3 is 15.2 Å². The molecule has 29 heavy (non-hydrogen) atoms. The van der Waals surface area contributed by atoms with Crippen molar-refractivity contribution < 1.29 is 19.4 Å². The maximum absolute atomic E-state index is 13.2. The van der Waals surface area contributed by atoms with Crippen molar-refractivity contribution in [2.45, 2.75) is 49.7 Å². The molecule has 1 aromatic carbocycles. The van der Waals surface area contributed by atoms with Crippen molar-refractivity contribution in [3.8, 4) is 0 Å². The molecule has 8 nitrogen and oxygen atoms in total. The van der Waals surface area contributed by atoms with E-state index in [0.29, 0.717) is 19.7 Å². The molecule has 2 saturated heterocycles. The SMILES string of the molecule is O=C(O)NC12CCC(CCN3C(=O)N4CCCN=C4c4ccccc43)(CC1)OC2. The van der Waals surface area contributed by atoms with Gasteiger partial charge >= 0.3 is 12.1 Å². The van der Waals surface area contributed by atoms with Gasteiger partial charge in [-0.3, -0.25) is 14.8 Å². The van der Waals surface area contributed by atoms with Gasteiger partial charge in [0.1, 0.15) is 5.84 Å². The summed E-state index contributed by atoms with van der Waals surface area (Å²) in [6.07, 6.45) is 3.84. The lowest BCUT2D eigenvalue weighted by molar-refractivity contribution is -0.161. The number of ether oxygens (including phenoxy) is 1. The zero-order chi connectivity index (χ0) is 20.1. The van der Waals surface area contributed by atoms with E-state index in [1.165, 1.54) is 0 Å². The van der Waals surface area contributed by atoms with E-state index in [4.69, 9.17) is 9.84 Å². The number of aliphatic imine (C=N–C) groups is 1. The number of hydrogen-bond donors (Lipinski definition) is 2. The van der Waals surface area contributed by atoms with E-state index in [-0.39, 0.29) is 11.6 Å². The number of hydrogen-bond acceptors (Lipinski definition) is 4. The van der Waals surface area contributed by atoms with Crippen LogP contribution < -0.4 is 10.2 Å². The number of carbonyl (C=O) groups excluding carboxylic acids is 1. The van der Waals surface area contributed by atoms with E-state index in [1.807, 2.05) is 29.2 Å². The molecule has 1 aromatic rings. The van der Waals surface area contributed by atoms with Crippen LogP contribution in [0.1, 0.15) is 44.1 Å².